The van der Waals surface area contributed by atoms with E-state index in [9.17, 15) is 9.59 Å². The van der Waals surface area contributed by atoms with E-state index in [0.29, 0.717) is 16.9 Å². The Morgan fingerprint density at radius 2 is 1.83 bits per heavy atom. The van der Waals surface area contributed by atoms with Crippen molar-refractivity contribution < 1.29 is 9.53 Å². The van der Waals surface area contributed by atoms with Crippen LogP contribution in [0.15, 0.2) is 23.0 Å². The first-order chi connectivity index (χ1) is 10.8. The van der Waals surface area contributed by atoms with Gasteiger partial charge in [-0.2, -0.15) is 0 Å². The van der Waals surface area contributed by atoms with Crippen LogP contribution in [0.1, 0.15) is 27.2 Å². The maximum absolute atomic E-state index is 12.2. The second kappa shape index (κ2) is 7.06. The highest BCUT2D eigenvalue weighted by atomic mass is 35.5. The molecule has 0 saturated carbocycles. The number of rotatable bonds is 4. The fraction of sp³-hybridized carbons (Fsp3) is 0.250. The van der Waals surface area contributed by atoms with Crippen LogP contribution < -0.4 is 15.6 Å². The molecule has 0 atom stereocenters. The van der Waals surface area contributed by atoms with Crippen molar-refractivity contribution in [2.24, 2.45) is 0 Å². The minimum Gasteiger partial charge on any atom is -0.494 e. The number of halogens is 2. The SMILES string of the molecule is COc1c(Cl)cc(C(=O)NCc2c(C)cc(C)[nH]c2=O)cc1Cl. The first-order valence-electron chi connectivity index (χ1n) is 6.84. The molecule has 2 rings (SSSR count). The number of methoxy groups -OCH3 is 1. The van der Waals surface area contributed by atoms with Gasteiger partial charge in [-0.05, 0) is 37.6 Å². The molecule has 0 bridgehead atoms. The van der Waals surface area contributed by atoms with Gasteiger partial charge in [0, 0.05) is 23.4 Å². The van der Waals surface area contributed by atoms with Crippen LogP contribution in [0.3, 0.4) is 0 Å². The fourth-order valence-corrected chi connectivity index (χ4v) is 2.90. The fourth-order valence-electron chi connectivity index (χ4n) is 2.26. The summed E-state index contributed by atoms with van der Waals surface area (Å²) in [5.74, 6) is -0.0634. The van der Waals surface area contributed by atoms with E-state index in [1.807, 2.05) is 13.0 Å². The topological polar surface area (TPSA) is 71.2 Å². The normalized spacial score (nSPS) is 10.5. The third-order valence-corrected chi connectivity index (χ3v) is 3.95. The molecular weight excluding hydrogens is 339 g/mol. The monoisotopic (exact) mass is 354 g/mol. The van der Waals surface area contributed by atoms with E-state index in [2.05, 4.69) is 10.3 Å². The maximum atomic E-state index is 12.2. The second-order valence-corrected chi connectivity index (χ2v) is 5.91. The van der Waals surface area contributed by atoms with Gasteiger partial charge in [0.1, 0.15) is 0 Å². The summed E-state index contributed by atoms with van der Waals surface area (Å²) < 4.78 is 5.04. The van der Waals surface area contributed by atoms with E-state index in [1.165, 1.54) is 19.2 Å². The molecule has 122 valence electrons. The first kappa shape index (κ1) is 17.4. The molecule has 0 aliphatic rings. The summed E-state index contributed by atoms with van der Waals surface area (Å²) in [6.07, 6.45) is 0. The molecule has 7 heteroatoms. The van der Waals surface area contributed by atoms with Gasteiger partial charge in [0.05, 0.1) is 17.2 Å². The molecule has 1 aromatic carbocycles. The minimum absolute atomic E-state index is 0.113. The van der Waals surface area contributed by atoms with E-state index >= 15 is 0 Å². The number of H-pyrrole nitrogens is 1. The lowest BCUT2D eigenvalue weighted by Crippen LogP contribution is -2.28. The quantitative estimate of drug-likeness (QED) is 0.885. The highest BCUT2D eigenvalue weighted by Crippen LogP contribution is 2.33. The largest absolute Gasteiger partial charge is 0.494 e. The summed E-state index contributed by atoms with van der Waals surface area (Å²) in [6, 6.07) is 4.78. The number of carbonyl (C=O) groups is 1. The zero-order valence-corrected chi connectivity index (χ0v) is 14.4. The lowest BCUT2D eigenvalue weighted by molar-refractivity contribution is 0.0950. The highest BCUT2D eigenvalue weighted by molar-refractivity contribution is 6.37. The number of nitrogens with one attached hydrogen (secondary N) is 2. The molecule has 1 heterocycles. The van der Waals surface area contributed by atoms with Gasteiger partial charge < -0.3 is 15.0 Å². The number of carbonyl (C=O) groups excluding carboxylic acids is 1. The smallest absolute Gasteiger partial charge is 0.253 e. The average Bonchev–Trinajstić information content (AvgIpc) is 2.45. The highest BCUT2D eigenvalue weighted by Gasteiger charge is 2.14. The molecule has 0 unspecified atom stereocenters. The van der Waals surface area contributed by atoms with Gasteiger partial charge in [0.2, 0.25) is 0 Å². The lowest BCUT2D eigenvalue weighted by Gasteiger charge is -2.10. The van der Waals surface area contributed by atoms with Crippen molar-refractivity contribution in [3.05, 3.63) is 61.0 Å². The molecule has 0 saturated heterocycles. The Kier molecular flexibility index (Phi) is 5.34. The van der Waals surface area contributed by atoms with Crippen LogP contribution in [0, 0.1) is 13.8 Å². The summed E-state index contributed by atoms with van der Waals surface area (Å²) in [7, 11) is 1.44. The van der Waals surface area contributed by atoms with Gasteiger partial charge in [-0.1, -0.05) is 23.2 Å². The van der Waals surface area contributed by atoms with Crippen molar-refractivity contribution in [1.29, 1.82) is 0 Å². The van der Waals surface area contributed by atoms with Gasteiger partial charge in [-0.25, -0.2) is 0 Å². The Balaban J connectivity index is 2.19. The Bertz CT molecular complexity index is 792. The number of hydrogen-bond donors (Lipinski definition) is 2. The first-order valence-corrected chi connectivity index (χ1v) is 7.59. The Labute approximate surface area is 143 Å². The minimum atomic E-state index is -0.379. The number of pyridine rings is 1. The number of aryl methyl sites for hydroxylation is 2. The molecule has 5 nitrogen and oxygen atoms in total. The Morgan fingerprint density at radius 3 is 2.35 bits per heavy atom. The molecular formula is C16H16Cl2N2O3. The summed E-state index contributed by atoms with van der Waals surface area (Å²) in [6.45, 7) is 3.74. The van der Waals surface area contributed by atoms with Crippen LogP contribution >= 0.6 is 23.2 Å². The summed E-state index contributed by atoms with van der Waals surface area (Å²) in [5, 5.41) is 3.18. The molecule has 2 N–H and O–H groups in total. The van der Waals surface area contributed by atoms with Gasteiger partial charge in [0.15, 0.2) is 5.75 Å². The maximum Gasteiger partial charge on any atom is 0.253 e. The average molecular weight is 355 g/mol. The molecule has 1 amide bonds. The lowest BCUT2D eigenvalue weighted by atomic mass is 10.1. The molecule has 0 radical (unpaired) electrons. The molecule has 0 spiro atoms. The summed E-state index contributed by atoms with van der Waals surface area (Å²) >= 11 is 12.0. The number of aromatic nitrogens is 1. The van der Waals surface area contributed by atoms with Crippen LogP contribution in [0.2, 0.25) is 10.0 Å². The molecule has 0 fully saturated rings. The third kappa shape index (κ3) is 3.86. The van der Waals surface area contributed by atoms with E-state index < -0.39 is 0 Å². The van der Waals surface area contributed by atoms with Gasteiger partial charge in [-0.3, -0.25) is 9.59 Å². The van der Waals surface area contributed by atoms with Crippen molar-refractivity contribution in [1.82, 2.24) is 10.3 Å². The number of ether oxygens (including phenoxy) is 1. The number of benzene rings is 1. The van der Waals surface area contributed by atoms with Crippen LogP contribution in [0.5, 0.6) is 5.75 Å². The predicted octanol–water partition coefficient (Wildman–Crippen LogP) is 3.24. The van der Waals surface area contributed by atoms with Crippen molar-refractivity contribution in [3.8, 4) is 5.75 Å². The number of aromatic amines is 1. The third-order valence-electron chi connectivity index (χ3n) is 3.38. The second-order valence-electron chi connectivity index (χ2n) is 5.10. The predicted molar refractivity (Wildman–Crippen MR) is 90.7 cm³/mol. The Morgan fingerprint density at radius 1 is 1.22 bits per heavy atom. The van der Waals surface area contributed by atoms with E-state index in [0.717, 1.165) is 11.3 Å². The van der Waals surface area contributed by atoms with Gasteiger partial charge >= 0.3 is 0 Å². The van der Waals surface area contributed by atoms with Gasteiger partial charge in [0.25, 0.3) is 11.5 Å². The molecule has 1 aromatic heterocycles. The van der Waals surface area contributed by atoms with E-state index in [4.69, 9.17) is 27.9 Å². The van der Waals surface area contributed by atoms with Crippen LogP contribution in [0.4, 0.5) is 0 Å². The number of hydrogen-bond acceptors (Lipinski definition) is 3. The van der Waals surface area contributed by atoms with E-state index in [-0.39, 0.29) is 28.1 Å². The molecule has 23 heavy (non-hydrogen) atoms. The van der Waals surface area contributed by atoms with E-state index in [1.54, 1.807) is 6.92 Å². The summed E-state index contributed by atoms with van der Waals surface area (Å²) in [5.41, 5.74) is 2.18. The Hall–Kier alpha value is -1.98. The number of amides is 1. The van der Waals surface area contributed by atoms with Crippen molar-refractivity contribution in [2.75, 3.05) is 7.11 Å². The van der Waals surface area contributed by atoms with Crippen LogP contribution in [0.25, 0.3) is 0 Å². The molecule has 2 aromatic rings. The zero-order chi connectivity index (χ0) is 17.1. The molecule has 0 aliphatic heterocycles. The van der Waals surface area contributed by atoms with Crippen molar-refractivity contribution >= 4 is 29.1 Å². The van der Waals surface area contributed by atoms with Crippen LogP contribution in [-0.4, -0.2) is 18.0 Å². The zero-order valence-electron chi connectivity index (χ0n) is 12.9. The summed E-state index contributed by atoms with van der Waals surface area (Å²) in [4.78, 5) is 26.9. The molecule has 0 aliphatic carbocycles. The van der Waals surface area contributed by atoms with Crippen LogP contribution in [-0.2, 0) is 6.54 Å². The van der Waals surface area contributed by atoms with Crippen molar-refractivity contribution in [3.63, 3.8) is 0 Å². The van der Waals surface area contributed by atoms with Gasteiger partial charge in [-0.15, -0.1) is 0 Å². The van der Waals surface area contributed by atoms with Crippen molar-refractivity contribution in [2.45, 2.75) is 20.4 Å². The standard InChI is InChI=1S/C16H16Cl2N2O3/c1-8-4-9(2)20-16(22)11(8)7-19-15(21)10-5-12(17)14(23-3)13(18)6-10/h4-6H,7H2,1-3H3,(H,19,21)(H,20,22).